The quantitative estimate of drug-likeness (QED) is 0.502. The monoisotopic (exact) mass is 390 g/mol. The Morgan fingerprint density at radius 2 is 1.39 bits per heavy atom. The highest BCUT2D eigenvalue weighted by Gasteiger charge is 2.32. The van der Waals surface area contributed by atoms with Gasteiger partial charge in [-0.25, -0.2) is 4.39 Å². The van der Waals surface area contributed by atoms with Gasteiger partial charge in [0.15, 0.2) is 11.6 Å². The van der Waals surface area contributed by atoms with Crippen molar-refractivity contribution in [3.63, 3.8) is 0 Å². The predicted molar refractivity (Wildman–Crippen MR) is 110 cm³/mol. The number of hydrogen-bond acceptors (Lipinski definition) is 1. The summed E-state index contributed by atoms with van der Waals surface area (Å²) in [6.07, 6.45) is 14.5. The second-order valence-electron chi connectivity index (χ2n) is 9.87. The zero-order valence-corrected chi connectivity index (χ0v) is 17.4. The summed E-state index contributed by atoms with van der Waals surface area (Å²) in [7, 11) is 0. The zero-order chi connectivity index (χ0) is 19.5. The van der Waals surface area contributed by atoms with Crippen molar-refractivity contribution in [1.82, 2.24) is 0 Å². The number of rotatable bonds is 5. The Kier molecular flexibility index (Phi) is 6.58. The molecule has 156 valence electrons. The molecule has 0 unspecified atom stereocenters. The van der Waals surface area contributed by atoms with Crippen molar-refractivity contribution >= 4 is 0 Å². The van der Waals surface area contributed by atoms with E-state index in [1.807, 2.05) is 0 Å². The van der Waals surface area contributed by atoms with Gasteiger partial charge in [0.25, 0.3) is 0 Å². The lowest BCUT2D eigenvalue weighted by atomic mass is 9.68. The molecule has 3 saturated carbocycles. The van der Waals surface area contributed by atoms with Gasteiger partial charge in [-0.1, -0.05) is 38.7 Å². The molecular weight excluding hydrogens is 354 g/mol. The maximum absolute atomic E-state index is 14.8. The Morgan fingerprint density at radius 3 is 2.04 bits per heavy atom. The van der Waals surface area contributed by atoms with Crippen LogP contribution in [0.2, 0.25) is 0 Å². The summed E-state index contributed by atoms with van der Waals surface area (Å²) in [6, 6.07) is 3.45. The van der Waals surface area contributed by atoms with E-state index in [2.05, 4.69) is 6.92 Å². The first-order chi connectivity index (χ1) is 13.6. The lowest BCUT2D eigenvalue weighted by Crippen LogP contribution is -2.25. The van der Waals surface area contributed by atoms with Gasteiger partial charge in [-0.05, 0) is 92.6 Å². The molecule has 0 bridgehead atoms. The summed E-state index contributed by atoms with van der Waals surface area (Å²) in [4.78, 5) is 0. The molecule has 3 heteroatoms. The van der Waals surface area contributed by atoms with Gasteiger partial charge in [-0.15, -0.1) is 0 Å². The van der Waals surface area contributed by atoms with Gasteiger partial charge in [-0.2, -0.15) is 4.39 Å². The molecule has 3 aliphatic rings. The molecule has 0 N–H and O–H groups in total. The van der Waals surface area contributed by atoms with Gasteiger partial charge in [0, 0.05) is 0 Å². The molecule has 0 radical (unpaired) electrons. The number of hydrogen-bond donors (Lipinski definition) is 0. The van der Waals surface area contributed by atoms with Crippen molar-refractivity contribution in [2.45, 2.75) is 89.9 Å². The van der Waals surface area contributed by atoms with E-state index >= 15 is 0 Å². The van der Waals surface area contributed by atoms with Gasteiger partial charge in [0.2, 0.25) is 5.82 Å². The molecule has 0 heterocycles. The fourth-order valence-electron chi connectivity index (χ4n) is 6.02. The Labute approximate surface area is 169 Å². The van der Waals surface area contributed by atoms with Crippen LogP contribution in [0.25, 0.3) is 0 Å². The third-order valence-electron chi connectivity index (χ3n) is 7.96. The largest absolute Gasteiger partial charge is 0.490 e. The number of ether oxygens (including phenoxy) is 1. The van der Waals surface area contributed by atoms with Crippen molar-refractivity contribution < 1.29 is 13.5 Å². The summed E-state index contributed by atoms with van der Waals surface area (Å²) in [5.41, 5.74) is 0.571. The molecule has 28 heavy (non-hydrogen) atoms. The van der Waals surface area contributed by atoms with Crippen LogP contribution in [-0.4, -0.2) is 6.61 Å². The van der Waals surface area contributed by atoms with Crippen molar-refractivity contribution in [2.75, 3.05) is 6.61 Å². The van der Waals surface area contributed by atoms with E-state index in [-0.39, 0.29) is 11.7 Å². The Bertz CT molecular complexity index is 636. The van der Waals surface area contributed by atoms with Crippen LogP contribution in [0.15, 0.2) is 12.1 Å². The van der Waals surface area contributed by atoms with Crippen LogP contribution in [0.5, 0.6) is 5.75 Å². The van der Waals surface area contributed by atoms with Crippen molar-refractivity contribution in [3.05, 3.63) is 29.3 Å². The SMILES string of the molecule is CC1CCC(C2CCC(c3ccc(OCC4CCCC4)c(F)c3F)CC2)CC1. The van der Waals surface area contributed by atoms with E-state index in [1.54, 1.807) is 12.1 Å². The first-order valence-corrected chi connectivity index (χ1v) is 11.7. The molecule has 0 spiro atoms. The molecule has 0 atom stereocenters. The van der Waals surface area contributed by atoms with Crippen LogP contribution < -0.4 is 4.74 Å². The lowest BCUT2D eigenvalue weighted by Gasteiger charge is -2.37. The van der Waals surface area contributed by atoms with Crippen LogP contribution >= 0.6 is 0 Å². The molecule has 0 aliphatic heterocycles. The van der Waals surface area contributed by atoms with Crippen molar-refractivity contribution in [1.29, 1.82) is 0 Å². The highest BCUT2D eigenvalue weighted by atomic mass is 19.2. The van der Waals surface area contributed by atoms with E-state index in [0.717, 1.165) is 43.4 Å². The van der Waals surface area contributed by atoms with E-state index in [9.17, 15) is 8.78 Å². The standard InChI is InChI=1S/C25H36F2O/c1-17-6-8-19(9-7-17)20-10-12-21(13-11-20)22-14-15-23(25(27)24(22)26)28-16-18-4-2-3-5-18/h14-15,17-21H,2-13,16H2,1H3. The molecule has 0 amide bonds. The highest BCUT2D eigenvalue weighted by molar-refractivity contribution is 5.33. The van der Waals surface area contributed by atoms with E-state index < -0.39 is 11.6 Å². The fourth-order valence-corrected chi connectivity index (χ4v) is 6.02. The lowest BCUT2D eigenvalue weighted by molar-refractivity contribution is 0.164. The second kappa shape index (κ2) is 9.13. The zero-order valence-electron chi connectivity index (χ0n) is 17.4. The molecular formula is C25H36F2O. The van der Waals surface area contributed by atoms with Crippen molar-refractivity contribution in [3.8, 4) is 5.75 Å². The summed E-state index contributed by atoms with van der Waals surface area (Å²) >= 11 is 0. The summed E-state index contributed by atoms with van der Waals surface area (Å²) in [5.74, 6) is 1.86. The summed E-state index contributed by atoms with van der Waals surface area (Å²) in [6.45, 7) is 2.88. The molecule has 1 nitrogen and oxygen atoms in total. The molecule has 1 aromatic rings. The van der Waals surface area contributed by atoms with Crippen LogP contribution in [-0.2, 0) is 0 Å². The second-order valence-corrected chi connectivity index (χ2v) is 9.87. The molecule has 3 aliphatic carbocycles. The van der Waals surface area contributed by atoms with Gasteiger partial charge in [0.1, 0.15) is 0 Å². The smallest absolute Gasteiger partial charge is 0.200 e. The molecule has 0 saturated heterocycles. The molecule has 1 aromatic carbocycles. The molecule has 0 aromatic heterocycles. The van der Waals surface area contributed by atoms with E-state index in [1.165, 1.54) is 51.4 Å². The van der Waals surface area contributed by atoms with E-state index in [0.29, 0.717) is 18.1 Å². The summed E-state index contributed by atoms with van der Waals surface area (Å²) in [5, 5.41) is 0. The average molecular weight is 391 g/mol. The van der Waals surface area contributed by atoms with Gasteiger partial charge in [0.05, 0.1) is 6.61 Å². The highest BCUT2D eigenvalue weighted by Crippen LogP contribution is 2.44. The third-order valence-corrected chi connectivity index (χ3v) is 7.96. The summed E-state index contributed by atoms with van der Waals surface area (Å²) < 4.78 is 35.0. The minimum Gasteiger partial charge on any atom is -0.490 e. The topological polar surface area (TPSA) is 9.23 Å². The average Bonchev–Trinajstić information content (AvgIpc) is 3.24. The molecule has 3 fully saturated rings. The first-order valence-electron chi connectivity index (χ1n) is 11.7. The minimum atomic E-state index is -0.779. The van der Waals surface area contributed by atoms with Gasteiger partial charge < -0.3 is 4.74 Å². The van der Waals surface area contributed by atoms with Crippen LogP contribution in [0.1, 0.15) is 95.5 Å². The minimum absolute atomic E-state index is 0.0955. The number of benzene rings is 1. The van der Waals surface area contributed by atoms with Gasteiger partial charge in [-0.3, -0.25) is 0 Å². The Morgan fingerprint density at radius 1 is 0.786 bits per heavy atom. The predicted octanol–water partition coefficient (Wildman–Crippen LogP) is 7.63. The Hall–Kier alpha value is -1.12. The Balaban J connectivity index is 1.33. The first kappa shape index (κ1) is 20.2. The maximum Gasteiger partial charge on any atom is 0.200 e. The normalized spacial score (nSPS) is 31.8. The van der Waals surface area contributed by atoms with Crippen LogP contribution in [0.4, 0.5) is 8.78 Å². The van der Waals surface area contributed by atoms with Gasteiger partial charge >= 0.3 is 0 Å². The van der Waals surface area contributed by atoms with Crippen molar-refractivity contribution in [2.24, 2.45) is 23.7 Å². The number of halogens is 2. The maximum atomic E-state index is 14.8. The molecule has 4 rings (SSSR count). The van der Waals surface area contributed by atoms with Crippen LogP contribution in [0, 0.1) is 35.3 Å². The van der Waals surface area contributed by atoms with E-state index in [4.69, 9.17) is 4.74 Å². The fraction of sp³-hybridized carbons (Fsp3) is 0.760. The van der Waals surface area contributed by atoms with Crippen LogP contribution in [0.3, 0.4) is 0 Å². The third kappa shape index (κ3) is 4.54.